The quantitative estimate of drug-likeness (QED) is 0.776. The Labute approximate surface area is 92.2 Å². The van der Waals surface area contributed by atoms with Crippen LogP contribution in [0.1, 0.15) is 12.0 Å². The maximum Gasteiger partial charge on any atom is 0.417 e. The van der Waals surface area contributed by atoms with Gasteiger partial charge < -0.3 is 4.74 Å². The van der Waals surface area contributed by atoms with Crippen molar-refractivity contribution in [2.24, 2.45) is 0 Å². The molecule has 2 nitrogen and oxygen atoms in total. The van der Waals surface area contributed by atoms with Crippen molar-refractivity contribution < 1.29 is 31.1 Å². The number of hydrogen-bond acceptors (Lipinski definition) is 2. The SMILES string of the molecule is FC(F)(F)CCOc1ccc(C(F)(F)F)cn1. The van der Waals surface area contributed by atoms with E-state index in [1.807, 2.05) is 0 Å². The Morgan fingerprint density at radius 2 is 1.71 bits per heavy atom. The molecule has 0 radical (unpaired) electrons. The molecule has 17 heavy (non-hydrogen) atoms. The number of hydrogen-bond donors (Lipinski definition) is 0. The number of halogens is 6. The lowest BCUT2D eigenvalue weighted by Gasteiger charge is -2.09. The maximum atomic E-state index is 12.1. The third-order valence-corrected chi connectivity index (χ3v) is 1.70. The zero-order valence-electron chi connectivity index (χ0n) is 8.27. The van der Waals surface area contributed by atoms with Crippen molar-refractivity contribution in [2.75, 3.05) is 6.61 Å². The van der Waals surface area contributed by atoms with E-state index in [2.05, 4.69) is 9.72 Å². The van der Waals surface area contributed by atoms with Gasteiger partial charge in [-0.25, -0.2) is 4.98 Å². The van der Waals surface area contributed by atoms with E-state index >= 15 is 0 Å². The summed E-state index contributed by atoms with van der Waals surface area (Å²) in [5, 5.41) is 0. The first-order chi connectivity index (χ1) is 7.68. The van der Waals surface area contributed by atoms with Gasteiger partial charge in [-0.05, 0) is 6.07 Å². The highest BCUT2D eigenvalue weighted by Crippen LogP contribution is 2.29. The fourth-order valence-corrected chi connectivity index (χ4v) is 0.905. The molecule has 0 aliphatic carbocycles. The molecule has 1 heterocycles. The Morgan fingerprint density at radius 1 is 1.06 bits per heavy atom. The number of rotatable bonds is 3. The Morgan fingerprint density at radius 3 is 2.12 bits per heavy atom. The summed E-state index contributed by atoms with van der Waals surface area (Å²) < 4.78 is 76.0. The van der Waals surface area contributed by atoms with E-state index in [0.717, 1.165) is 6.07 Å². The van der Waals surface area contributed by atoms with E-state index < -0.39 is 30.9 Å². The molecule has 0 aliphatic rings. The highest BCUT2D eigenvalue weighted by atomic mass is 19.4. The second kappa shape index (κ2) is 4.80. The first-order valence-electron chi connectivity index (χ1n) is 4.41. The summed E-state index contributed by atoms with van der Waals surface area (Å²) in [6, 6.07) is 1.56. The minimum absolute atomic E-state index is 0.276. The monoisotopic (exact) mass is 259 g/mol. The zero-order valence-corrected chi connectivity index (χ0v) is 8.27. The summed E-state index contributed by atoms with van der Waals surface area (Å²) in [7, 11) is 0. The fraction of sp³-hybridized carbons (Fsp3) is 0.444. The Hall–Kier alpha value is -1.47. The van der Waals surface area contributed by atoms with Gasteiger partial charge in [0.1, 0.15) is 0 Å². The van der Waals surface area contributed by atoms with Crippen LogP contribution in [0, 0.1) is 0 Å². The Kier molecular flexibility index (Phi) is 3.84. The molecule has 1 aromatic heterocycles. The molecule has 0 saturated carbocycles. The van der Waals surface area contributed by atoms with E-state index in [1.54, 1.807) is 0 Å². The minimum Gasteiger partial charge on any atom is -0.477 e. The van der Waals surface area contributed by atoms with Gasteiger partial charge in [-0.2, -0.15) is 26.3 Å². The molecule has 8 heteroatoms. The zero-order chi connectivity index (χ0) is 13.1. The van der Waals surface area contributed by atoms with Crippen LogP contribution in [0.15, 0.2) is 18.3 Å². The predicted octanol–water partition coefficient (Wildman–Crippen LogP) is 3.43. The first kappa shape index (κ1) is 13.6. The topological polar surface area (TPSA) is 22.1 Å². The van der Waals surface area contributed by atoms with E-state index in [0.29, 0.717) is 12.3 Å². The lowest BCUT2D eigenvalue weighted by Crippen LogP contribution is -2.13. The molecule has 0 aromatic carbocycles. The van der Waals surface area contributed by atoms with Gasteiger partial charge in [0.2, 0.25) is 5.88 Å². The van der Waals surface area contributed by atoms with Crippen molar-refractivity contribution in [2.45, 2.75) is 18.8 Å². The van der Waals surface area contributed by atoms with Crippen LogP contribution in [0.3, 0.4) is 0 Å². The summed E-state index contributed by atoms with van der Waals surface area (Å²) in [6.45, 7) is -0.679. The summed E-state index contributed by atoms with van der Waals surface area (Å²) in [5.41, 5.74) is -0.985. The van der Waals surface area contributed by atoms with Crippen LogP contribution in [-0.2, 0) is 6.18 Å². The third kappa shape index (κ3) is 4.92. The Balaban J connectivity index is 2.52. The highest BCUT2D eigenvalue weighted by Gasteiger charge is 2.31. The van der Waals surface area contributed by atoms with Gasteiger partial charge in [0.25, 0.3) is 0 Å². The van der Waals surface area contributed by atoms with Gasteiger partial charge in [-0.15, -0.1) is 0 Å². The van der Waals surface area contributed by atoms with E-state index in [-0.39, 0.29) is 5.88 Å². The number of aromatic nitrogens is 1. The van der Waals surface area contributed by atoms with E-state index in [4.69, 9.17) is 0 Å². The molecular formula is C9H7F6NO. The van der Waals surface area contributed by atoms with E-state index in [1.165, 1.54) is 0 Å². The molecule has 0 amide bonds. The molecular weight excluding hydrogens is 252 g/mol. The fourth-order valence-electron chi connectivity index (χ4n) is 0.905. The second-order valence-electron chi connectivity index (χ2n) is 3.10. The average Bonchev–Trinajstić information content (AvgIpc) is 2.15. The lowest BCUT2D eigenvalue weighted by atomic mass is 10.3. The number of alkyl halides is 6. The van der Waals surface area contributed by atoms with Crippen molar-refractivity contribution in [1.82, 2.24) is 4.98 Å². The van der Waals surface area contributed by atoms with Gasteiger partial charge in [0.05, 0.1) is 18.6 Å². The molecule has 0 fully saturated rings. The molecule has 0 atom stereocenters. The van der Waals surface area contributed by atoms with Crippen molar-refractivity contribution in [3.63, 3.8) is 0 Å². The van der Waals surface area contributed by atoms with Crippen LogP contribution in [-0.4, -0.2) is 17.8 Å². The van der Waals surface area contributed by atoms with Crippen LogP contribution in [0.4, 0.5) is 26.3 Å². The molecule has 0 bridgehead atoms. The van der Waals surface area contributed by atoms with Gasteiger partial charge in [0, 0.05) is 12.3 Å². The van der Waals surface area contributed by atoms with Crippen molar-refractivity contribution >= 4 is 0 Å². The molecule has 1 aromatic rings. The standard InChI is InChI=1S/C9H7F6NO/c10-8(11,12)3-4-17-7-2-1-6(5-16-7)9(13,14)15/h1-2,5H,3-4H2. The maximum absolute atomic E-state index is 12.1. The van der Waals surface area contributed by atoms with Crippen LogP contribution >= 0.6 is 0 Å². The summed E-state index contributed by atoms with van der Waals surface area (Å²) in [6.07, 6.45) is -9.58. The first-order valence-corrected chi connectivity index (χ1v) is 4.41. The van der Waals surface area contributed by atoms with Gasteiger partial charge >= 0.3 is 12.4 Å². The average molecular weight is 259 g/mol. The number of ether oxygens (including phenoxy) is 1. The number of pyridine rings is 1. The molecule has 0 aliphatic heterocycles. The summed E-state index contributed by atoms with van der Waals surface area (Å²) in [4.78, 5) is 3.26. The van der Waals surface area contributed by atoms with Crippen LogP contribution in [0.25, 0.3) is 0 Å². The van der Waals surface area contributed by atoms with Crippen molar-refractivity contribution in [1.29, 1.82) is 0 Å². The Bertz CT molecular complexity index is 355. The van der Waals surface area contributed by atoms with Crippen LogP contribution in [0.2, 0.25) is 0 Å². The molecule has 0 saturated heterocycles. The van der Waals surface area contributed by atoms with Crippen LogP contribution in [0.5, 0.6) is 5.88 Å². The highest BCUT2D eigenvalue weighted by molar-refractivity contribution is 5.20. The van der Waals surface area contributed by atoms with Gasteiger partial charge in [-0.3, -0.25) is 0 Å². The summed E-state index contributed by atoms with van der Waals surface area (Å²) >= 11 is 0. The van der Waals surface area contributed by atoms with Gasteiger partial charge in [0.15, 0.2) is 0 Å². The molecule has 1 rings (SSSR count). The minimum atomic E-state index is -4.53. The van der Waals surface area contributed by atoms with Crippen LogP contribution < -0.4 is 4.74 Å². The molecule has 96 valence electrons. The van der Waals surface area contributed by atoms with Crippen molar-refractivity contribution in [3.05, 3.63) is 23.9 Å². The largest absolute Gasteiger partial charge is 0.477 e. The normalized spacial score (nSPS) is 12.6. The number of nitrogens with zero attached hydrogens (tertiary/aromatic N) is 1. The van der Waals surface area contributed by atoms with Gasteiger partial charge in [-0.1, -0.05) is 0 Å². The predicted molar refractivity (Wildman–Crippen MR) is 45.4 cm³/mol. The molecule has 0 spiro atoms. The smallest absolute Gasteiger partial charge is 0.417 e. The van der Waals surface area contributed by atoms with Crippen molar-refractivity contribution in [3.8, 4) is 5.88 Å². The molecule has 0 unspecified atom stereocenters. The third-order valence-electron chi connectivity index (χ3n) is 1.70. The molecule has 0 N–H and O–H groups in total. The summed E-state index contributed by atoms with van der Waals surface area (Å²) in [5.74, 6) is -0.276. The van der Waals surface area contributed by atoms with E-state index in [9.17, 15) is 26.3 Å². The lowest BCUT2D eigenvalue weighted by molar-refractivity contribution is -0.139. The second-order valence-corrected chi connectivity index (χ2v) is 3.10.